The minimum Gasteiger partial charge on any atom is -0.467 e. The first kappa shape index (κ1) is 38.6. The zero-order valence-corrected chi connectivity index (χ0v) is 30.2. The van der Waals surface area contributed by atoms with E-state index in [0.29, 0.717) is 6.61 Å². The Morgan fingerprint density at radius 3 is 1.50 bits per heavy atom. The third kappa shape index (κ3) is 11.7. The molecule has 6 atom stereocenters. The smallest absolute Gasteiger partial charge is 0.408 e. The van der Waals surface area contributed by atoms with Crippen LogP contribution in [0, 0.1) is 0 Å². The van der Waals surface area contributed by atoms with E-state index in [1.807, 2.05) is 121 Å². The predicted molar refractivity (Wildman–Crippen MR) is 195 cm³/mol. The number of esters is 1. The number of carbonyl (C=O) groups is 2. The van der Waals surface area contributed by atoms with Gasteiger partial charge < -0.3 is 38.5 Å². The molecule has 10 nitrogen and oxygen atoms in total. The maximum Gasteiger partial charge on any atom is 0.408 e. The summed E-state index contributed by atoms with van der Waals surface area (Å²) >= 11 is 0. The molecule has 4 aromatic carbocycles. The van der Waals surface area contributed by atoms with E-state index in [-0.39, 0.29) is 26.4 Å². The van der Waals surface area contributed by atoms with Gasteiger partial charge in [0.05, 0.1) is 40.1 Å². The summed E-state index contributed by atoms with van der Waals surface area (Å²) in [5.41, 5.74) is 2.94. The minimum atomic E-state index is -1.34. The number of nitrogens with one attached hydrogen (secondary N) is 1. The molecule has 0 bridgehead atoms. The second-order valence-corrected chi connectivity index (χ2v) is 13.6. The molecule has 4 aromatic rings. The SMILES string of the molecule is COC(=O)[C@H](NC(=O)OC(C)(C)C)[C@H]1O[C@H](COCc2ccccc2)[C@@H](OCc2ccccc2)[C@H](OCc2ccccc2)[C@H]1OCc1ccccc1. The van der Waals surface area contributed by atoms with Crippen LogP contribution in [0.25, 0.3) is 0 Å². The first-order chi connectivity index (χ1) is 25.2. The summed E-state index contributed by atoms with van der Waals surface area (Å²) in [4.78, 5) is 26.8. The average molecular weight is 712 g/mol. The molecule has 0 saturated carbocycles. The molecule has 0 radical (unpaired) electrons. The van der Waals surface area contributed by atoms with Gasteiger partial charge in [-0.05, 0) is 43.0 Å². The lowest BCUT2D eigenvalue weighted by Gasteiger charge is -2.47. The van der Waals surface area contributed by atoms with Crippen LogP contribution in [0.4, 0.5) is 4.79 Å². The lowest BCUT2D eigenvalue weighted by Crippen LogP contribution is -2.67. The molecule has 0 spiro atoms. The number of benzene rings is 4. The first-order valence-corrected chi connectivity index (χ1v) is 17.5. The van der Waals surface area contributed by atoms with Crippen molar-refractivity contribution in [3.05, 3.63) is 144 Å². The number of amides is 1. The molecule has 0 aliphatic carbocycles. The van der Waals surface area contributed by atoms with Gasteiger partial charge in [0.1, 0.15) is 36.1 Å². The summed E-state index contributed by atoms with van der Waals surface area (Å²) in [6.07, 6.45) is -5.14. The highest BCUT2D eigenvalue weighted by atomic mass is 16.6. The number of methoxy groups -OCH3 is 1. The van der Waals surface area contributed by atoms with Crippen molar-refractivity contribution in [2.45, 2.75) is 89.4 Å². The Morgan fingerprint density at radius 1 is 0.635 bits per heavy atom. The predicted octanol–water partition coefficient (Wildman–Crippen LogP) is 6.79. The van der Waals surface area contributed by atoms with Crippen LogP contribution in [0.1, 0.15) is 43.0 Å². The van der Waals surface area contributed by atoms with E-state index in [9.17, 15) is 9.59 Å². The van der Waals surface area contributed by atoms with Gasteiger partial charge in [-0.25, -0.2) is 9.59 Å². The Hall–Kier alpha value is -4.58. The second-order valence-electron chi connectivity index (χ2n) is 13.6. The van der Waals surface area contributed by atoms with Crippen molar-refractivity contribution in [1.82, 2.24) is 5.32 Å². The first-order valence-electron chi connectivity index (χ1n) is 17.5. The van der Waals surface area contributed by atoms with Crippen LogP contribution in [-0.4, -0.2) is 67.9 Å². The van der Waals surface area contributed by atoms with Crippen molar-refractivity contribution in [3.63, 3.8) is 0 Å². The molecule has 1 fully saturated rings. The monoisotopic (exact) mass is 711 g/mol. The summed E-state index contributed by atoms with van der Waals surface area (Å²) in [5.74, 6) is -0.737. The zero-order chi connectivity index (χ0) is 36.8. The molecule has 1 aliphatic heterocycles. The van der Waals surface area contributed by atoms with Crippen molar-refractivity contribution in [2.75, 3.05) is 13.7 Å². The van der Waals surface area contributed by atoms with Gasteiger partial charge in [-0.15, -0.1) is 0 Å². The highest BCUT2D eigenvalue weighted by molar-refractivity contribution is 5.82. The van der Waals surface area contributed by atoms with E-state index in [1.54, 1.807) is 20.8 Å². The number of rotatable bonds is 16. The highest BCUT2D eigenvalue weighted by Crippen LogP contribution is 2.33. The summed E-state index contributed by atoms with van der Waals surface area (Å²) < 4.78 is 44.0. The van der Waals surface area contributed by atoms with E-state index in [1.165, 1.54) is 7.11 Å². The largest absolute Gasteiger partial charge is 0.467 e. The standard InChI is InChI=1S/C42H49NO9/c1-42(2,3)52-41(45)43-35(40(44)46-4)37-39(50-28-33-23-15-8-16-24-33)38(49-27-32-21-13-7-14-22-32)36(48-26-31-19-11-6-12-20-31)34(51-37)29-47-25-30-17-9-5-10-18-30/h5-24,34-39H,25-29H2,1-4H3,(H,43,45)/t34-,35-,36-,37-,38+,39+/m1/s1. The van der Waals surface area contributed by atoms with Gasteiger partial charge in [-0.3, -0.25) is 0 Å². The van der Waals surface area contributed by atoms with Crippen LogP contribution in [0.5, 0.6) is 0 Å². The number of hydrogen-bond acceptors (Lipinski definition) is 9. The molecule has 1 heterocycles. The fraction of sp³-hybridized carbons (Fsp3) is 0.381. The summed E-state index contributed by atoms with van der Waals surface area (Å²) in [7, 11) is 1.25. The van der Waals surface area contributed by atoms with Crippen molar-refractivity contribution in [2.24, 2.45) is 0 Å². The topological polar surface area (TPSA) is 111 Å². The van der Waals surface area contributed by atoms with Crippen molar-refractivity contribution < 1.29 is 42.7 Å². The summed E-state index contributed by atoms with van der Waals surface area (Å²) in [6.45, 7) is 6.26. The highest BCUT2D eigenvalue weighted by Gasteiger charge is 2.53. The maximum absolute atomic E-state index is 13.6. The maximum atomic E-state index is 13.6. The molecule has 0 aromatic heterocycles. The van der Waals surface area contributed by atoms with Crippen molar-refractivity contribution in [3.8, 4) is 0 Å². The molecule has 1 N–H and O–H groups in total. The number of alkyl carbamates (subject to hydrolysis) is 1. The quantitative estimate of drug-likeness (QED) is 0.126. The molecule has 1 aliphatic rings. The normalized spacial score (nSPS) is 20.8. The van der Waals surface area contributed by atoms with Crippen molar-refractivity contribution >= 4 is 12.1 Å². The Labute approximate surface area is 306 Å². The van der Waals surface area contributed by atoms with Crippen LogP contribution in [0.3, 0.4) is 0 Å². The molecular formula is C42H49NO9. The van der Waals surface area contributed by atoms with Gasteiger partial charge in [0, 0.05) is 0 Å². The third-order valence-corrected chi connectivity index (χ3v) is 8.38. The van der Waals surface area contributed by atoms with Crippen LogP contribution in [0.15, 0.2) is 121 Å². The molecule has 1 amide bonds. The third-order valence-electron chi connectivity index (χ3n) is 8.38. The molecule has 10 heteroatoms. The molecule has 276 valence electrons. The minimum absolute atomic E-state index is 0.0851. The Bertz CT molecular complexity index is 1630. The number of ether oxygens (including phenoxy) is 7. The Kier molecular flexibility index (Phi) is 14.4. The van der Waals surface area contributed by atoms with E-state index in [0.717, 1.165) is 22.3 Å². The molecule has 0 unspecified atom stereocenters. The Balaban J connectivity index is 1.54. The number of hydrogen-bond donors (Lipinski definition) is 1. The summed E-state index contributed by atoms with van der Waals surface area (Å²) in [6, 6.07) is 37.7. The second kappa shape index (κ2) is 19.3. The van der Waals surface area contributed by atoms with E-state index >= 15 is 0 Å². The van der Waals surface area contributed by atoms with Gasteiger partial charge in [-0.2, -0.15) is 0 Å². The van der Waals surface area contributed by atoms with Crippen LogP contribution in [0.2, 0.25) is 0 Å². The molecular weight excluding hydrogens is 662 g/mol. The summed E-state index contributed by atoms with van der Waals surface area (Å²) in [5, 5.41) is 2.71. The van der Waals surface area contributed by atoms with Crippen LogP contribution < -0.4 is 5.32 Å². The van der Waals surface area contributed by atoms with Gasteiger partial charge in [0.25, 0.3) is 0 Å². The van der Waals surface area contributed by atoms with Gasteiger partial charge in [0.2, 0.25) is 0 Å². The Morgan fingerprint density at radius 2 is 1.06 bits per heavy atom. The fourth-order valence-electron chi connectivity index (χ4n) is 5.93. The van der Waals surface area contributed by atoms with Gasteiger partial charge >= 0.3 is 12.1 Å². The van der Waals surface area contributed by atoms with E-state index < -0.39 is 54.2 Å². The lowest BCUT2D eigenvalue weighted by molar-refractivity contribution is -0.276. The molecule has 52 heavy (non-hydrogen) atoms. The van der Waals surface area contributed by atoms with E-state index in [4.69, 9.17) is 33.2 Å². The van der Waals surface area contributed by atoms with Crippen LogP contribution in [-0.2, 0) is 64.4 Å². The lowest BCUT2D eigenvalue weighted by atomic mass is 9.90. The van der Waals surface area contributed by atoms with Crippen molar-refractivity contribution in [1.29, 1.82) is 0 Å². The van der Waals surface area contributed by atoms with Crippen LogP contribution >= 0.6 is 0 Å². The number of carbonyl (C=O) groups excluding carboxylic acids is 2. The molecule has 5 rings (SSSR count). The zero-order valence-electron chi connectivity index (χ0n) is 30.2. The fourth-order valence-corrected chi connectivity index (χ4v) is 5.93. The van der Waals surface area contributed by atoms with Gasteiger partial charge in [0.15, 0.2) is 6.04 Å². The van der Waals surface area contributed by atoms with Gasteiger partial charge in [-0.1, -0.05) is 121 Å². The average Bonchev–Trinajstić information content (AvgIpc) is 3.15. The molecule has 1 saturated heterocycles. The van der Waals surface area contributed by atoms with E-state index in [2.05, 4.69) is 5.32 Å².